The largest absolute Gasteiger partial charge is 0.397 e. The molecule has 3 heteroatoms. The molecule has 15 heavy (non-hydrogen) atoms. The number of rotatable bonds is 3. The zero-order valence-corrected chi connectivity index (χ0v) is 10.1. The fourth-order valence-electron chi connectivity index (χ4n) is 1.24. The van der Waals surface area contributed by atoms with E-state index >= 15 is 0 Å². The second-order valence-corrected chi connectivity index (χ2v) is 5.11. The smallest absolute Gasteiger partial charge is 0.126 e. The molecule has 0 aliphatic heterocycles. The van der Waals surface area contributed by atoms with Gasteiger partial charge in [0, 0.05) is 6.54 Å². The van der Waals surface area contributed by atoms with Crippen LogP contribution < -0.4 is 11.1 Å². The maximum absolute atomic E-state index is 5.70. The Balaban J connectivity index is 2.48. The first-order valence-corrected chi connectivity index (χ1v) is 5.35. The maximum Gasteiger partial charge on any atom is 0.126 e. The third-order valence-electron chi connectivity index (χ3n) is 2.31. The number of hydrogen-bond donors (Lipinski definition) is 2. The molecular formula is C12H21N3. The molecule has 3 N–H and O–H groups in total. The van der Waals surface area contributed by atoms with E-state index in [9.17, 15) is 0 Å². The van der Waals surface area contributed by atoms with Crippen LogP contribution in [0.3, 0.4) is 0 Å². The van der Waals surface area contributed by atoms with Crippen molar-refractivity contribution in [2.45, 2.75) is 34.1 Å². The molecule has 0 saturated carbocycles. The van der Waals surface area contributed by atoms with Crippen LogP contribution >= 0.6 is 0 Å². The molecule has 1 aromatic heterocycles. The van der Waals surface area contributed by atoms with Gasteiger partial charge in [-0.05, 0) is 30.9 Å². The minimum absolute atomic E-state index is 0.357. The number of anilines is 2. The molecule has 1 heterocycles. The molecule has 1 aromatic rings. The lowest BCUT2D eigenvalue weighted by molar-refractivity contribution is 0.389. The minimum Gasteiger partial charge on any atom is -0.397 e. The molecule has 0 aliphatic rings. The molecule has 0 atom stereocenters. The highest BCUT2D eigenvalue weighted by atomic mass is 15.0. The van der Waals surface area contributed by atoms with Gasteiger partial charge in [-0.2, -0.15) is 0 Å². The average Bonchev–Trinajstić information content (AvgIpc) is 2.09. The number of pyridine rings is 1. The number of nitrogens with two attached hydrogens (primary N) is 1. The van der Waals surface area contributed by atoms with E-state index in [1.54, 1.807) is 0 Å². The van der Waals surface area contributed by atoms with E-state index in [0.29, 0.717) is 5.41 Å². The van der Waals surface area contributed by atoms with Crippen LogP contribution in [0.25, 0.3) is 0 Å². The van der Waals surface area contributed by atoms with E-state index in [-0.39, 0.29) is 0 Å². The topological polar surface area (TPSA) is 50.9 Å². The molecule has 0 fully saturated rings. The lowest BCUT2D eigenvalue weighted by Gasteiger charge is -2.18. The van der Waals surface area contributed by atoms with Crippen LogP contribution in [0.5, 0.6) is 0 Å². The van der Waals surface area contributed by atoms with Gasteiger partial charge < -0.3 is 11.1 Å². The van der Waals surface area contributed by atoms with Gasteiger partial charge in [0.05, 0.1) is 11.4 Å². The van der Waals surface area contributed by atoms with E-state index in [1.165, 1.54) is 0 Å². The summed E-state index contributed by atoms with van der Waals surface area (Å²) in [6.07, 6.45) is 1.12. The maximum atomic E-state index is 5.70. The zero-order chi connectivity index (χ0) is 11.5. The zero-order valence-electron chi connectivity index (χ0n) is 10.1. The van der Waals surface area contributed by atoms with Crippen molar-refractivity contribution in [2.24, 2.45) is 5.41 Å². The number of aryl methyl sites for hydroxylation is 1. The van der Waals surface area contributed by atoms with Crippen molar-refractivity contribution in [1.29, 1.82) is 0 Å². The van der Waals surface area contributed by atoms with Gasteiger partial charge in [-0.25, -0.2) is 4.98 Å². The summed E-state index contributed by atoms with van der Waals surface area (Å²) >= 11 is 0. The normalized spacial score (nSPS) is 11.5. The summed E-state index contributed by atoms with van der Waals surface area (Å²) in [5.41, 5.74) is 7.68. The van der Waals surface area contributed by atoms with Crippen LogP contribution in [-0.4, -0.2) is 11.5 Å². The highest BCUT2D eigenvalue weighted by Gasteiger charge is 2.09. The second-order valence-electron chi connectivity index (χ2n) is 5.11. The fourth-order valence-corrected chi connectivity index (χ4v) is 1.24. The molecule has 84 valence electrons. The van der Waals surface area contributed by atoms with Gasteiger partial charge in [0.25, 0.3) is 0 Å². The summed E-state index contributed by atoms with van der Waals surface area (Å²) in [5, 5.41) is 3.30. The molecule has 1 rings (SSSR count). The number of hydrogen-bond acceptors (Lipinski definition) is 3. The van der Waals surface area contributed by atoms with Crippen molar-refractivity contribution in [1.82, 2.24) is 4.98 Å². The van der Waals surface area contributed by atoms with E-state index in [2.05, 4.69) is 31.1 Å². The van der Waals surface area contributed by atoms with Gasteiger partial charge in [-0.15, -0.1) is 0 Å². The van der Waals surface area contributed by atoms with E-state index in [1.807, 2.05) is 19.1 Å². The first kappa shape index (κ1) is 11.8. The van der Waals surface area contributed by atoms with Crippen molar-refractivity contribution < 1.29 is 0 Å². The van der Waals surface area contributed by atoms with Crippen molar-refractivity contribution in [2.75, 3.05) is 17.6 Å². The molecule has 0 unspecified atom stereocenters. The van der Waals surface area contributed by atoms with Gasteiger partial charge in [0.2, 0.25) is 0 Å². The molecule has 0 aliphatic carbocycles. The Labute approximate surface area is 92.1 Å². The fraction of sp³-hybridized carbons (Fsp3) is 0.583. The lowest BCUT2D eigenvalue weighted by Crippen LogP contribution is -2.13. The number of nitrogen functional groups attached to an aromatic ring is 1. The third-order valence-corrected chi connectivity index (χ3v) is 2.31. The first-order chi connectivity index (χ1) is 6.88. The van der Waals surface area contributed by atoms with Crippen LogP contribution in [0.4, 0.5) is 11.5 Å². The SMILES string of the molecule is Cc1nc(NCCC(C)(C)C)ccc1N. The average molecular weight is 207 g/mol. The van der Waals surface area contributed by atoms with E-state index < -0.39 is 0 Å². The summed E-state index contributed by atoms with van der Waals surface area (Å²) in [4.78, 5) is 4.36. The van der Waals surface area contributed by atoms with Crippen molar-refractivity contribution in [3.63, 3.8) is 0 Å². The molecule has 0 bridgehead atoms. The Kier molecular flexibility index (Phi) is 3.56. The quantitative estimate of drug-likeness (QED) is 0.801. The Hall–Kier alpha value is -1.25. The molecule has 0 radical (unpaired) electrons. The van der Waals surface area contributed by atoms with Crippen LogP contribution in [0, 0.1) is 12.3 Å². The molecule has 0 spiro atoms. The van der Waals surface area contributed by atoms with Crippen LogP contribution in [0.15, 0.2) is 12.1 Å². The van der Waals surface area contributed by atoms with Gasteiger partial charge >= 0.3 is 0 Å². The molecule has 3 nitrogen and oxygen atoms in total. The number of nitrogens with one attached hydrogen (secondary N) is 1. The standard InChI is InChI=1S/C12H21N3/c1-9-10(13)5-6-11(15-9)14-8-7-12(2,3)4/h5-6H,7-8,13H2,1-4H3,(H,14,15). The summed E-state index contributed by atoms with van der Waals surface area (Å²) in [5.74, 6) is 0.908. The predicted octanol–water partition coefficient (Wildman–Crippen LogP) is 2.82. The van der Waals surface area contributed by atoms with E-state index in [0.717, 1.165) is 30.2 Å². The molecule has 0 amide bonds. The minimum atomic E-state index is 0.357. The third kappa shape index (κ3) is 4.19. The van der Waals surface area contributed by atoms with Gasteiger partial charge in [-0.3, -0.25) is 0 Å². The molecular weight excluding hydrogens is 186 g/mol. The van der Waals surface area contributed by atoms with Crippen molar-refractivity contribution >= 4 is 11.5 Å². The van der Waals surface area contributed by atoms with Crippen LogP contribution in [-0.2, 0) is 0 Å². The molecule has 0 aromatic carbocycles. The van der Waals surface area contributed by atoms with Gasteiger partial charge in [0.1, 0.15) is 5.82 Å². The highest BCUT2D eigenvalue weighted by Crippen LogP contribution is 2.18. The summed E-state index contributed by atoms with van der Waals surface area (Å²) in [6, 6.07) is 3.81. The van der Waals surface area contributed by atoms with E-state index in [4.69, 9.17) is 5.73 Å². The second kappa shape index (κ2) is 4.51. The lowest BCUT2D eigenvalue weighted by atomic mass is 9.92. The van der Waals surface area contributed by atoms with Crippen molar-refractivity contribution in [3.05, 3.63) is 17.8 Å². The van der Waals surface area contributed by atoms with Crippen molar-refractivity contribution in [3.8, 4) is 0 Å². The Morgan fingerprint density at radius 1 is 1.33 bits per heavy atom. The number of nitrogens with zero attached hydrogens (tertiary/aromatic N) is 1. The Morgan fingerprint density at radius 3 is 2.53 bits per heavy atom. The Bertz CT molecular complexity index is 326. The monoisotopic (exact) mass is 207 g/mol. The summed E-state index contributed by atoms with van der Waals surface area (Å²) in [6.45, 7) is 9.56. The van der Waals surface area contributed by atoms with Gasteiger partial charge in [0.15, 0.2) is 0 Å². The van der Waals surface area contributed by atoms with Crippen LogP contribution in [0.1, 0.15) is 32.9 Å². The number of aromatic nitrogens is 1. The highest BCUT2D eigenvalue weighted by molar-refractivity contribution is 5.48. The summed E-state index contributed by atoms with van der Waals surface area (Å²) < 4.78 is 0. The Morgan fingerprint density at radius 2 is 2.00 bits per heavy atom. The van der Waals surface area contributed by atoms with Crippen LogP contribution in [0.2, 0.25) is 0 Å². The first-order valence-electron chi connectivity index (χ1n) is 5.35. The molecule has 0 saturated heterocycles. The summed E-state index contributed by atoms with van der Waals surface area (Å²) in [7, 11) is 0. The predicted molar refractivity (Wildman–Crippen MR) is 65.9 cm³/mol. The van der Waals surface area contributed by atoms with Gasteiger partial charge in [-0.1, -0.05) is 20.8 Å².